The molecule has 0 aromatic carbocycles. The van der Waals surface area contributed by atoms with Crippen molar-refractivity contribution < 1.29 is 0 Å². The molecule has 1 rings (SSSR count). The second-order valence-electron chi connectivity index (χ2n) is 0.800. The first kappa shape index (κ1) is 4.43. The lowest BCUT2D eigenvalue weighted by molar-refractivity contribution is 0.767. The zero-order valence-corrected chi connectivity index (χ0v) is 4.46. The molecule has 4 heteroatoms. The van der Waals surface area contributed by atoms with Crippen molar-refractivity contribution in [1.29, 1.82) is 0 Å². The zero-order valence-electron chi connectivity index (χ0n) is 2.89. The Kier molecular flexibility index (Phi) is 1.34. The molecule has 6 heavy (non-hydrogen) atoms. The second-order valence-corrected chi connectivity index (χ2v) is 2.21. The van der Waals surface area contributed by atoms with E-state index in [2.05, 4.69) is 10.5 Å². The van der Waals surface area contributed by atoms with Crippen molar-refractivity contribution in [2.45, 2.75) is 0 Å². The molecule has 0 atom stereocenters. The average Bonchev–Trinajstić information content (AvgIpc) is 1.86. The molecule has 1 aliphatic heterocycles. The smallest absolute Gasteiger partial charge is 0.142 e. The molecule has 0 bridgehead atoms. The Bertz CT molecular complexity index is 65.9. The number of hydrogen-bond donors (Lipinski definition) is 0. The Hall–Kier alpha value is 0.270. The SMILES string of the molecule is ClN1CN=[C]S1. The highest BCUT2D eigenvalue weighted by Gasteiger charge is 2.01. The van der Waals surface area contributed by atoms with E-state index in [9.17, 15) is 0 Å². The average molecular weight is 122 g/mol. The molecule has 1 aliphatic rings. The number of nitrogens with zero attached hydrogens (tertiary/aromatic N) is 2. The molecule has 0 unspecified atom stereocenters. The zero-order chi connectivity index (χ0) is 4.41. The Morgan fingerprint density at radius 3 is 3.00 bits per heavy atom. The lowest BCUT2D eigenvalue weighted by atomic mass is 11.2. The van der Waals surface area contributed by atoms with Crippen molar-refractivity contribution >= 4 is 29.3 Å². The molecule has 2 nitrogen and oxygen atoms in total. The predicted octanol–water partition coefficient (Wildman–Crippen LogP) is 0.967. The maximum Gasteiger partial charge on any atom is 0.142 e. The van der Waals surface area contributed by atoms with E-state index in [1.165, 1.54) is 15.8 Å². The van der Waals surface area contributed by atoms with Crippen molar-refractivity contribution in [3.05, 3.63) is 0 Å². The van der Waals surface area contributed by atoms with Crippen LogP contribution in [0.1, 0.15) is 0 Å². The van der Waals surface area contributed by atoms with Crippen LogP contribution in [0, 0.1) is 0 Å². The molecule has 1 radical (unpaired) electrons. The van der Waals surface area contributed by atoms with Gasteiger partial charge in [0.05, 0.1) is 0 Å². The summed E-state index contributed by atoms with van der Waals surface area (Å²) in [5.41, 5.74) is 2.61. The lowest BCUT2D eigenvalue weighted by Crippen LogP contribution is -1.92. The molecule has 0 aromatic heterocycles. The summed E-state index contributed by atoms with van der Waals surface area (Å²) in [6.07, 6.45) is 0. The predicted molar refractivity (Wildman–Crippen MR) is 27.6 cm³/mol. The number of aliphatic imine (C=N–C) groups is 1. The number of rotatable bonds is 0. The highest BCUT2D eigenvalue weighted by Crippen LogP contribution is 2.14. The summed E-state index contributed by atoms with van der Waals surface area (Å²) >= 11 is 6.63. The van der Waals surface area contributed by atoms with Crippen LogP contribution in [0.15, 0.2) is 4.99 Å². The van der Waals surface area contributed by atoms with E-state index in [0.29, 0.717) is 6.67 Å². The van der Waals surface area contributed by atoms with Crippen molar-refractivity contribution in [3.63, 3.8) is 0 Å². The molecule has 0 aliphatic carbocycles. The highest BCUT2D eigenvalue weighted by atomic mass is 35.5. The number of halogens is 1. The van der Waals surface area contributed by atoms with Gasteiger partial charge in [-0.05, 0) is 23.7 Å². The Balaban J connectivity index is 2.32. The molecule has 1 heterocycles. The van der Waals surface area contributed by atoms with Crippen LogP contribution >= 0.6 is 23.7 Å². The van der Waals surface area contributed by atoms with Crippen molar-refractivity contribution in [3.8, 4) is 0 Å². The fourth-order valence-corrected chi connectivity index (χ4v) is 0.652. The van der Waals surface area contributed by atoms with Gasteiger partial charge in [-0.25, -0.2) is 0 Å². The first-order valence-corrected chi connectivity index (χ1v) is 2.52. The van der Waals surface area contributed by atoms with Gasteiger partial charge in [-0.15, -0.1) is 3.82 Å². The van der Waals surface area contributed by atoms with Gasteiger partial charge in [0, 0.05) is 0 Å². The third-order valence-corrected chi connectivity index (χ3v) is 1.22. The summed E-state index contributed by atoms with van der Waals surface area (Å²) in [5.74, 6) is 0. The van der Waals surface area contributed by atoms with Crippen LogP contribution in [0.25, 0.3) is 0 Å². The Labute approximate surface area is 45.4 Å². The molecule has 0 amide bonds. The minimum atomic E-state index is 0.562. The summed E-state index contributed by atoms with van der Waals surface area (Å²) < 4.78 is 1.47. The maximum atomic E-state index is 5.35. The van der Waals surface area contributed by atoms with Crippen LogP contribution in [0.4, 0.5) is 0 Å². The van der Waals surface area contributed by atoms with E-state index in [1.54, 1.807) is 0 Å². The van der Waals surface area contributed by atoms with Crippen LogP contribution < -0.4 is 0 Å². The van der Waals surface area contributed by atoms with E-state index in [0.717, 1.165) is 0 Å². The fourth-order valence-electron chi connectivity index (χ4n) is 0.186. The van der Waals surface area contributed by atoms with Crippen molar-refractivity contribution in [1.82, 2.24) is 3.82 Å². The molecule has 0 saturated carbocycles. The molecular weight excluding hydrogens is 120 g/mol. The van der Waals surface area contributed by atoms with Crippen LogP contribution in [0.2, 0.25) is 0 Å². The van der Waals surface area contributed by atoms with Gasteiger partial charge in [-0.1, -0.05) is 0 Å². The topological polar surface area (TPSA) is 15.6 Å². The summed E-state index contributed by atoms with van der Waals surface area (Å²) in [7, 11) is 0. The van der Waals surface area contributed by atoms with E-state index in [-0.39, 0.29) is 0 Å². The Morgan fingerprint density at radius 2 is 2.83 bits per heavy atom. The first-order valence-electron chi connectivity index (χ1n) is 1.41. The summed E-state index contributed by atoms with van der Waals surface area (Å²) in [5, 5.41) is 0. The molecule has 0 aromatic rings. The van der Waals surface area contributed by atoms with Gasteiger partial charge in [0.15, 0.2) is 0 Å². The van der Waals surface area contributed by atoms with Crippen LogP contribution in [0.5, 0.6) is 0 Å². The third kappa shape index (κ3) is 0.864. The Morgan fingerprint density at radius 1 is 2.00 bits per heavy atom. The van der Waals surface area contributed by atoms with Gasteiger partial charge in [-0.2, -0.15) is 0 Å². The summed E-state index contributed by atoms with van der Waals surface area (Å²) in [4.78, 5) is 3.67. The molecule has 0 saturated heterocycles. The normalized spacial score (nSPS) is 22.8. The van der Waals surface area contributed by atoms with Crippen molar-refractivity contribution in [2.24, 2.45) is 4.99 Å². The minimum Gasteiger partial charge on any atom is -0.256 e. The van der Waals surface area contributed by atoms with Gasteiger partial charge in [0.1, 0.15) is 12.2 Å². The maximum absolute atomic E-state index is 5.35. The highest BCUT2D eigenvalue weighted by molar-refractivity contribution is 8.10. The van der Waals surface area contributed by atoms with Crippen LogP contribution in [0.3, 0.4) is 0 Å². The van der Waals surface area contributed by atoms with Gasteiger partial charge in [-0.3, -0.25) is 4.99 Å². The molecule has 0 N–H and O–H groups in total. The van der Waals surface area contributed by atoms with Crippen LogP contribution in [-0.2, 0) is 0 Å². The van der Waals surface area contributed by atoms with E-state index < -0.39 is 0 Å². The molecular formula is C2H2ClN2S. The standard InChI is InChI=1S/C2H2ClN2S/c3-5-1-4-2-6-5/h1H2. The van der Waals surface area contributed by atoms with E-state index >= 15 is 0 Å². The number of hydrogen-bond acceptors (Lipinski definition) is 3. The molecule has 0 fully saturated rings. The molecule has 0 spiro atoms. The third-order valence-electron chi connectivity index (χ3n) is 0.386. The van der Waals surface area contributed by atoms with E-state index in [1.807, 2.05) is 0 Å². The van der Waals surface area contributed by atoms with Gasteiger partial charge < -0.3 is 0 Å². The van der Waals surface area contributed by atoms with Gasteiger partial charge in [0.2, 0.25) is 0 Å². The monoisotopic (exact) mass is 121 g/mol. The fraction of sp³-hybridized carbons (Fsp3) is 0.500. The lowest BCUT2D eigenvalue weighted by Gasteiger charge is -1.92. The molecule has 33 valence electrons. The van der Waals surface area contributed by atoms with Gasteiger partial charge in [0.25, 0.3) is 0 Å². The van der Waals surface area contributed by atoms with Gasteiger partial charge >= 0.3 is 0 Å². The van der Waals surface area contributed by atoms with Crippen LogP contribution in [-0.4, -0.2) is 16.0 Å². The second kappa shape index (κ2) is 1.82. The largest absolute Gasteiger partial charge is 0.256 e. The minimum absolute atomic E-state index is 0.562. The first-order chi connectivity index (χ1) is 2.89. The van der Waals surface area contributed by atoms with Crippen molar-refractivity contribution in [2.75, 3.05) is 6.67 Å². The van der Waals surface area contributed by atoms with E-state index in [4.69, 9.17) is 11.8 Å². The summed E-state index contributed by atoms with van der Waals surface area (Å²) in [6.45, 7) is 0.562. The summed E-state index contributed by atoms with van der Waals surface area (Å²) in [6, 6.07) is 0. The quantitative estimate of drug-likeness (QED) is 0.351.